The molecule has 1 fully saturated rings. The highest BCUT2D eigenvalue weighted by molar-refractivity contribution is 6.06. The lowest BCUT2D eigenvalue weighted by atomic mass is 10.1. The number of amides is 4. The van der Waals surface area contributed by atoms with Crippen molar-refractivity contribution in [1.29, 1.82) is 0 Å². The largest absolute Gasteiger partial charge is 0.481 e. The number of H-pyrrole nitrogens is 1. The van der Waals surface area contributed by atoms with Gasteiger partial charge in [-0.05, 0) is 12.8 Å². The van der Waals surface area contributed by atoms with E-state index in [1.165, 1.54) is 6.92 Å². The van der Waals surface area contributed by atoms with Crippen LogP contribution in [0.4, 0.5) is 10.7 Å². The molecule has 176 valence electrons. The molecule has 1 aromatic carbocycles. The number of aliphatic carboxylic acids is 1. The fourth-order valence-corrected chi connectivity index (χ4v) is 3.47. The van der Waals surface area contributed by atoms with E-state index < -0.39 is 42.3 Å². The number of carbonyl (C=O) groups excluding carboxylic acids is 3. The summed E-state index contributed by atoms with van der Waals surface area (Å²) in [5.74, 6) is -1.04. The second-order valence-electron chi connectivity index (χ2n) is 7.85. The molecule has 1 saturated heterocycles. The summed E-state index contributed by atoms with van der Waals surface area (Å²) in [6.07, 6.45) is 0.939. The minimum atomic E-state index is -1.05. The van der Waals surface area contributed by atoms with Crippen molar-refractivity contribution in [2.45, 2.75) is 25.8 Å². The Morgan fingerprint density at radius 2 is 2.06 bits per heavy atom. The van der Waals surface area contributed by atoms with Crippen molar-refractivity contribution in [2.75, 3.05) is 31.7 Å². The molecule has 3 heterocycles. The Morgan fingerprint density at radius 1 is 1.30 bits per heavy atom. The molecule has 0 aliphatic carbocycles. The number of fused-ring (bicyclic) bond motifs is 2. The van der Waals surface area contributed by atoms with E-state index in [0.29, 0.717) is 36.8 Å². The highest BCUT2D eigenvalue weighted by atomic mass is 16.7. The van der Waals surface area contributed by atoms with Crippen molar-refractivity contribution in [3.63, 3.8) is 0 Å². The average molecular weight is 460 g/mol. The number of carboxylic acids is 1. The third kappa shape index (κ3) is 4.91. The van der Waals surface area contributed by atoms with Crippen molar-refractivity contribution >= 4 is 40.8 Å². The van der Waals surface area contributed by atoms with Crippen LogP contribution in [0.15, 0.2) is 12.1 Å². The van der Waals surface area contributed by atoms with Gasteiger partial charge in [0.15, 0.2) is 11.5 Å². The van der Waals surface area contributed by atoms with Crippen LogP contribution >= 0.6 is 0 Å². The van der Waals surface area contributed by atoms with Gasteiger partial charge in [-0.3, -0.25) is 19.3 Å². The quantitative estimate of drug-likeness (QED) is 0.246. The third-order valence-electron chi connectivity index (χ3n) is 5.37. The molecule has 4 amide bonds. The van der Waals surface area contributed by atoms with E-state index in [4.69, 9.17) is 14.6 Å². The van der Waals surface area contributed by atoms with E-state index >= 15 is 0 Å². The van der Waals surface area contributed by atoms with Gasteiger partial charge in [0.05, 0.1) is 17.0 Å². The van der Waals surface area contributed by atoms with E-state index in [0.717, 1.165) is 15.9 Å². The summed E-state index contributed by atoms with van der Waals surface area (Å²) in [5, 5.41) is 17.0. The first-order valence-electron chi connectivity index (χ1n) is 10.5. The Balaban J connectivity index is 1.22. The summed E-state index contributed by atoms with van der Waals surface area (Å²) in [7, 11) is 0. The highest BCUT2D eigenvalue weighted by Crippen LogP contribution is 2.35. The normalized spacial score (nSPS) is 17.8. The van der Waals surface area contributed by atoms with Gasteiger partial charge in [0.2, 0.25) is 18.6 Å². The predicted molar refractivity (Wildman–Crippen MR) is 114 cm³/mol. The molecule has 33 heavy (non-hydrogen) atoms. The van der Waals surface area contributed by atoms with Gasteiger partial charge in [0.1, 0.15) is 12.6 Å². The molecule has 2 aliphatic heterocycles. The molecule has 0 unspecified atom stereocenters. The average Bonchev–Trinajstić information content (AvgIpc) is 3.46. The first-order valence-corrected chi connectivity index (χ1v) is 10.5. The van der Waals surface area contributed by atoms with Crippen LogP contribution < -0.4 is 25.4 Å². The Kier molecular flexibility index (Phi) is 6.20. The number of hydrogen-bond acceptors (Lipinski definition) is 8. The van der Waals surface area contributed by atoms with E-state index in [9.17, 15) is 19.2 Å². The highest BCUT2D eigenvalue weighted by Gasteiger charge is 2.38. The minimum Gasteiger partial charge on any atom is -0.481 e. The molecule has 2 aliphatic rings. The fourth-order valence-electron chi connectivity index (χ4n) is 3.47. The summed E-state index contributed by atoms with van der Waals surface area (Å²) < 4.78 is 10.7. The second kappa shape index (κ2) is 9.22. The Bertz CT molecular complexity index is 1060. The first-order chi connectivity index (χ1) is 15.8. The molecule has 0 radical (unpaired) electrons. The molecule has 2 atom stereocenters. The Morgan fingerprint density at radius 3 is 2.82 bits per heavy atom. The number of imide groups is 1. The maximum Gasteiger partial charge on any atom is 0.325 e. The predicted octanol–water partition coefficient (Wildman–Crippen LogP) is 0.241. The third-order valence-corrected chi connectivity index (χ3v) is 5.37. The van der Waals surface area contributed by atoms with Crippen LogP contribution in [0.25, 0.3) is 11.0 Å². The number of nitrogens with zero attached hydrogens (tertiary/aromatic N) is 2. The van der Waals surface area contributed by atoms with Crippen LogP contribution in [-0.4, -0.2) is 76.3 Å². The summed E-state index contributed by atoms with van der Waals surface area (Å²) in [6.45, 7) is 1.59. The number of imidazole rings is 1. The summed E-state index contributed by atoms with van der Waals surface area (Å²) >= 11 is 0. The molecule has 0 bridgehead atoms. The van der Waals surface area contributed by atoms with Crippen LogP contribution in [0.1, 0.15) is 19.8 Å². The summed E-state index contributed by atoms with van der Waals surface area (Å²) in [5.41, 5.74) is 1.53. The second-order valence-corrected chi connectivity index (χ2v) is 7.85. The van der Waals surface area contributed by atoms with Crippen molar-refractivity contribution in [1.82, 2.24) is 25.5 Å². The summed E-state index contributed by atoms with van der Waals surface area (Å²) in [4.78, 5) is 55.8. The topological polar surface area (TPSA) is 175 Å². The zero-order valence-corrected chi connectivity index (χ0v) is 17.8. The van der Waals surface area contributed by atoms with E-state index in [-0.39, 0.29) is 13.3 Å². The van der Waals surface area contributed by atoms with Crippen LogP contribution in [0.2, 0.25) is 0 Å². The summed E-state index contributed by atoms with van der Waals surface area (Å²) in [6, 6.07) is 2.24. The van der Waals surface area contributed by atoms with Crippen molar-refractivity contribution < 1.29 is 33.8 Å². The fraction of sp³-hybridized carbons (Fsp3) is 0.450. The number of benzene rings is 1. The molecule has 2 aromatic rings. The number of urea groups is 1. The van der Waals surface area contributed by atoms with Crippen LogP contribution in [0.3, 0.4) is 0 Å². The van der Waals surface area contributed by atoms with Crippen molar-refractivity contribution in [2.24, 2.45) is 5.92 Å². The molecule has 13 nitrogen and oxygen atoms in total. The first kappa shape index (κ1) is 22.2. The maximum absolute atomic E-state index is 12.5. The molecular weight excluding hydrogens is 436 g/mol. The van der Waals surface area contributed by atoms with E-state index in [1.54, 1.807) is 6.07 Å². The van der Waals surface area contributed by atoms with Gasteiger partial charge < -0.3 is 35.5 Å². The number of carboxylic acid groups (broad SMARTS) is 1. The number of rotatable bonds is 10. The molecule has 0 saturated carbocycles. The standard InChI is InChI=1S/C20H24N6O7/c1-10(18(29)30)7-22-16(27)8-26-17(28)11(25-20(26)31)3-2-4-21-19-23-12-5-14-15(33-9-32-14)6-13(12)24-19/h5-6,10-11H,2-4,7-9H2,1H3,(H,22,27)(H,25,31)(H,29,30)(H2,21,23,24)/t10-,11-/m0/s1. The van der Waals surface area contributed by atoms with Gasteiger partial charge in [-0.1, -0.05) is 6.92 Å². The van der Waals surface area contributed by atoms with Gasteiger partial charge in [-0.2, -0.15) is 0 Å². The smallest absolute Gasteiger partial charge is 0.325 e. The van der Waals surface area contributed by atoms with Gasteiger partial charge in [-0.25, -0.2) is 9.78 Å². The lowest BCUT2D eigenvalue weighted by Gasteiger charge is -2.14. The molecule has 13 heteroatoms. The number of aromatic amines is 1. The minimum absolute atomic E-state index is 0.0859. The molecular formula is C20H24N6O7. The Hall–Kier alpha value is -4.03. The molecule has 4 rings (SSSR count). The number of ether oxygens (including phenoxy) is 2. The number of nitrogens with one attached hydrogen (secondary N) is 4. The van der Waals surface area contributed by atoms with E-state index in [1.807, 2.05) is 6.07 Å². The molecule has 5 N–H and O–H groups in total. The monoisotopic (exact) mass is 460 g/mol. The van der Waals surface area contributed by atoms with Gasteiger partial charge >= 0.3 is 12.0 Å². The van der Waals surface area contributed by atoms with Gasteiger partial charge in [0.25, 0.3) is 5.91 Å². The number of carbonyl (C=O) groups is 4. The van der Waals surface area contributed by atoms with Gasteiger partial charge in [0, 0.05) is 25.2 Å². The zero-order chi connectivity index (χ0) is 23.5. The Labute approximate surface area is 187 Å². The van der Waals surface area contributed by atoms with Crippen molar-refractivity contribution in [3.8, 4) is 11.5 Å². The van der Waals surface area contributed by atoms with Gasteiger partial charge in [-0.15, -0.1) is 0 Å². The SMILES string of the molecule is C[C@@H](CNC(=O)CN1C(=O)N[C@@H](CCCNc2nc3cc4c(cc3[nH]2)OCO4)C1=O)C(=O)O. The lowest BCUT2D eigenvalue weighted by molar-refractivity contribution is -0.141. The lowest BCUT2D eigenvalue weighted by Crippen LogP contribution is -2.42. The maximum atomic E-state index is 12.5. The van der Waals surface area contributed by atoms with Crippen LogP contribution in [0, 0.1) is 5.92 Å². The zero-order valence-electron chi connectivity index (χ0n) is 17.8. The van der Waals surface area contributed by atoms with Crippen molar-refractivity contribution in [3.05, 3.63) is 12.1 Å². The number of aromatic nitrogens is 2. The molecule has 1 aromatic heterocycles. The van der Waals surface area contributed by atoms with E-state index in [2.05, 4.69) is 25.9 Å². The number of hydrogen-bond donors (Lipinski definition) is 5. The van der Waals surface area contributed by atoms with Crippen LogP contribution in [-0.2, 0) is 14.4 Å². The van der Waals surface area contributed by atoms with Crippen LogP contribution in [0.5, 0.6) is 11.5 Å². The number of anilines is 1. The molecule has 0 spiro atoms.